The summed E-state index contributed by atoms with van der Waals surface area (Å²) >= 11 is 0. The Morgan fingerprint density at radius 3 is 3.00 bits per heavy atom. The molecule has 5 nitrogen and oxygen atoms in total. The van der Waals surface area contributed by atoms with E-state index in [1.165, 1.54) is 0 Å². The van der Waals surface area contributed by atoms with Crippen LogP contribution in [0.2, 0.25) is 0 Å². The van der Waals surface area contributed by atoms with Crippen molar-refractivity contribution >= 4 is 11.4 Å². The summed E-state index contributed by atoms with van der Waals surface area (Å²) in [7, 11) is 1.94. The summed E-state index contributed by atoms with van der Waals surface area (Å²) < 4.78 is 1.94. The fourth-order valence-corrected chi connectivity index (χ4v) is 1.51. The van der Waals surface area contributed by atoms with Crippen LogP contribution < -0.4 is 11.1 Å². The maximum Gasteiger partial charge on any atom is 0.127 e. The van der Waals surface area contributed by atoms with E-state index in [-0.39, 0.29) is 0 Å². The van der Waals surface area contributed by atoms with Crippen LogP contribution in [0.3, 0.4) is 0 Å². The van der Waals surface area contributed by atoms with E-state index in [9.17, 15) is 0 Å². The van der Waals surface area contributed by atoms with E-state index in [1.54, 1.807) is 18.3 Å². The molecule has 0 aliphatic rings. The maximum atomic E-state index is 8.86. The first-order valence-electron chi connectivity index (χ1n) is 5.20. The number of anilines is 2. The van der Waals surface area contributed by atoms with Gasteiger partial charge in [0.25, 0.3) is 0 Å². The normalized spacial score (nSPS) is 9.88. The van der Waals surface area contributed by atoms with Crippen molar-refractivity contribution in [1.29, 1.82) is 5.26 Å². The monoisotopic (exact) mass is 227 g/mol. The highest BCUT2D eigenvalue weighted by Crippen LogP contribution is 2.17. The van der Waals surface area contributed by atoms with Crippen molar-refractivity contribution in [2.45, 2.75) is 6.54 Å². The van der Waals surface area contributed by atoms with Crippen LogP contribution in [0, 0.1) is 11.3 Å². The number of nitrogens with two attached hydrogens (primary N) is 1. The summed E-state index contributed by atoms with van der Waals surface area (Å²) in [5, 5.41) is 12.1. The summed E-state index contributed by atoms with van der Waals surface area (Å²) in [6, 6.07) is 7.36. The lowest BCUT2D eigenvalue weighted by Crippen LogP contribution is -2.06. The molecule has 17 heavy (non-hydrogen) atoms. The summed E-state index contributed by atoms with van der Waals surface area (Å²) in [6.07, 6.45) is 3.64. The highest BCUT2D eigenvalue weighted by molar-refractivity contribution is 5.61. The molecule has 0 radical (unpaired) electrons. The van der Waals surface area contributed by atoms with Crippen LogP contribution in [0.25, 0.3) is 0 Å². The van der Waals surface area contributed by atoms with E-state index < -0.39 is 0 Å². The molecule has 1 aromatic carbocycles. The number of aromatic nitrogens is 2. The van der Waals surface area contributed by atoms with Gasteiger partial charge in [0.2, 0.25) is 0 Å². The number of nitrogen functional groups attached to an aromatic ring is 1. The van der Waals surface area contributed by atoms with Crippen molar-refractivity contribution in [2.24, 2.45) is 7.05 Å². The van der Waals surface area contributed by atoms with Gasteiger partial charge in [-0.1, -0.05) is 0 Å². The van der Waals surface area contributed by atoms with Crippen LogP contribution in [-0.4, -0.2) is 9.55 Å². The van der Waals surface area contributed by atoms with Crippen molar-refractivity contribution in [1.82, 2.24) is 9.55 Å². The van der Waals surface area contributed by atoms with Crippen molar-refractivity contribution in [3.05, 3.63) is 42.0 Å². The summed E-state index contributed by atoms with van der Waals surface area (Å²) in [5.41, 5.74) is 7.48. The molecule has 0 saturated carbocycles. The Morgan fingerprint density at radius 1 is 1.53 bits per heavy atom. The number of aryl methyl sites for hydroxylation is 1. The second kappa shape index (κ2) is 4.58. The standard InChI is InChI=1S/C12H13N5/c1-17-5-4-15-12(17)8-16-10-2-3-11(14)9(6-10)7-13/h2-6,16H,8,14H2,1H3. The van der Waals surface area contributed by atoms with E-state index in [4.69, 9.17) is 11.0 Å². The van der Waals surface area contributed by atoms with Crippen molar-refractivity contribution in [2.75, 3.05) is 11.1 Å². The number of hydrogen-bond acceptors (Lipinski definition) is 4. The van der Waals surface area contributed by atoms with Crippen molar-refractivity contribution in [3.63, 3.8) is 0 Å². The molecule has 0 aliphatic heterocycles. The molecule has 0 amide bonds. The molecular weight excluding hydrogens is 214 g/mol. The van der Waals surface area contributed by atoms with E-state index in [1.807, 2.05) is 23.9 Å². The number of nitrogens with one attached hydrogen (secondary N) is 1. The molecule has 0 fully saturated rings. The quantitative estimate of drug-likeness (QED) is 0.778. The third-order valence-corrected chi connectivity index (χ3v) is 2.55. The van der Waals surface area contributed by atoms with Crippen LogP contribution in [-0.2, 0) is 13.6 Å². The third-order valence-electron chi connectivity index (χ3n) is 2.55. The number of imidazole rings is 1. The number of rotatable bonds is 3. The topological polar surface area (TPSA) is 79.7 Å². The Kier molecular flexibility index (Phi) is 2.97. The van der Waals surface area contributed by atoms with E-state index >= 15 is 0 Å². The Balaban J connectivity index is 2.10. The molecule has 3 N–H and O–H groups in total. The van der Waals surface area contributed by atoms with Crippen LogP contribution in [0.5, 0.6) is 0 Å². The summed E-state index contributed by atoms with van der Waals surface area (Å²) in [5.74, 6) is 0.931. The maximum absolute atomic E-state index is 8.86. The largest absolute Gasteiger partial charge is 0.398 e. The SMILES string of the molecule is Cn1ccnc1CNc1ccc(N)c(C#N)c1. The molecule has 86 valence electrons. The predicted octanol–water partition coefficient (Wildman–Crippen LogP) is 1.49. The molecule has 0 spiro atoms. The minimum atomic E-state index is 0.481. The van der Waals surface area contributed by atoms with Gasteiger partial charge in [-0.05, 0) is 18.2 Å². The van der Waals surface area contributed by atoms with Gasteiger partial charge in [0, 0.05) is 30.8 Å². The summed E-state index contributed by atoms with van der Waals surface area (Å²) in [4.78, 5) is 4.20. The molecule has 0 atom stereocenters. The first kappa shape index (κ1) is 11.0. The average molecular weight is 227 g/mol. The van der Waals surface area contributed by atoms with Crippen molar-refractivity contribution in [3.8, 4) is 6.07 Å². The fourth-order valence-electron chi connectivity index (χ4n) is 1.51. The lowest BCUT2D eigenvalue weighted by atomic mass is 10.2. The molecule has 2 aromatic rings. The lowest BCUT2D eigenvalue weighted by molar-refractivity contribution is 0.813. The molecule has 0 aliphatic carbocycles. The van der Waals surface area contributed by atoms with Gasteiger partial charge < -0.3 is 15.6 Å². The predicted molar refractivity (Wildman–Crippen MR) is 66.1 cm³/mol. The van der Waals surface area contributed by atoms with Gasteiger partial charge in [-0.2, -0.15) is 5.26 Å². The average Bonchev–Trinajstić information content (AvgIpc) is 2.74. The van der Waals surface area contributed by atoms with Gasteiger partial charge in [-0.25, -0.2) is 4.98 Å². The smallest absolute Gasteiger partial charge is 0.127 e. The minimum absolute atomic E-state index is 0.481. The van der Waals surface area contributed by atoms with Crippen LogP contribution in [0.15, 0.2) is 30.6 Å². The molecule has 2 rings (SSSR count). The van der Waals surface area contributed by atoms with E-state index in [0.717, 1.165) is 11.5 Å². The lowest BCUT2D eigenvalue weighted by Gasteiger charge is -2.07. The Hall–Kier alpha value is -2.48. The molecule has 5 heteroatoms. The molecule has 0 bridgehead atoms. The first-order valence-corrected chi connectivity index (χ1v) is 5.20. The highest BCUT2D eigenvalue weighted by atomic mass is 15.1. The van der Waals surface area contributed by atoms with Crippen molar-refractivity contribution < 1.29 is 0 Å². The molecule has 0 unspecified atom stereocenters. The molecule has 1 heterocycles. The zero-order chi connectivity index (χ0) is 12.3. The first-order chi connectivity index (χ1) is 8.20. The zero-order valence-electron chi connectivity index (χ0n) is 9.51. The second-order valence-corrected chi connectivity index (χ2v) is 3.72. The van der Waals surface area contributed by atoms with E-state index in [2.05, 4.69) is 16.4 Å². The van der Waals surface area contributed by atoms with Gasteiger partial charge in [0.05, 0.1) is 12.1 Å². The number of nitriles is 1. The number of nitrogens with zero attached hydrogens (tertiary/aromatic N) is 3. The molecular formula is C12H13N5. The third kappa shape index (κ3) is 2.37. The minimum Gasteiger partial charge on any atom is -0.398 e. The van der Waals surface area contributed by atoms with Crippen LogP contribution >= 0.6 is 0 Å². The van der Waals surface area contributed by atoms with Gasteiger partial charge in [-0.15, -0.1) is 0 Å². The fraction of sp³-hybridized carbons (Fsp3) is 0.167. The van der Waals surface area contributed by atoms with Gasteiger partial charge in [0.15, 0.2) is 0 Å². The highest BCUT2D eigenvalue weighted by Gasteiger charge is 2.02. The van der Waals surface area contributed by atoms with E-state index in [0.29, 0.717) is 17.8 Å². The van der Waals surface area contributed by atoms with Gasteiger partial charge in [0.1, 0.15) is 11.9 Å². The second-order valence-electron chi connectivity index (χ2n) is 3.72. The Morgan fingerprint density at radius 2 is 2.35 bits per heavy atom. The van der Waals surface area contributed by atoms with Crippen LogP contribution in [0.1, 0.15) is 11.4 Å². The number of hydrogen-bond donors (Lipinski definition) is 2. The zero-order valence-corrected chi connectivity index (χ0v) is 9.51. The Labute approximate surface area is 99.5 Å². The Bertz CT molecular complexity index is 565. The number of benzene rings is 1. The molecule has 1 aromatic heterocycles. The van der Waals surface area contributed by atoms with Gasteiger partial charge in [-0.3, -0.25) is 0 Å². The van der Waals surface area contributed by atoms with Crippen LogP contribution in [0.4, 0.5) is 11.4 Å². The summed E-state index contributed by atoms with van der Waals surface area (Å²) in [6.45, 7) is 0.609. The van der Waals surface area contributed by atoms with Gasteiger partial charge >= 0.3 is 0 Å². The molecule has 0 saturated heterocycles.